The van der Waals surface area contributed by atoms with Gasteiger partial charge in [-0.2, -0.15) is 0 Å². The third-order valence-electron chi connectivity index (χ3n) is 3.82. The lowest BCUT2D eigenvalue weighted by molar-refractivity contribution is -0.119. The predicted molar refractivity (Wildman–Crippen MR) is 107 cm³/mol. The van der Waals surface area contributed by atoms with Crippen LogP contribution >= 0.6 is 35.0 Å². The molecule has 1 aliphatic heterocycles. The minimum Gasteiger partial charge on any atom is -0.396 e. The highest BCUT2D eigenvalue weighted by atomic mass is 35.5. The van der Waals surface area contributed by atoms with E-state index in [1.54, 1.807) is 0 Å². The zero-order valence-corrected chi connectivity index (χ0v) is 16.2. The summed E-state index contributed by atoms with van der Waals surface area (Å²) in [7, 11) is 0. The fraction of sp³-hybridized carbons (Fsp3) is 0.158. The highest BCUT2D eigenvalue weighted by molar-refractivity contribution is 8.04. The standard InChI is InChI=1S/C19H15Cl2NO3S/c1-11-2-4-12(5-3-11)16-17(26-7-6-23)19(25)22(18(16)24)15-9-13(20)8-14(21)10-15/h2-5,8-10,23H,6-7H2,1H3. The minimum atomic E-state index is -0.442. The molecule has 7 heteroatoms. The topological polar surface area (TPSA) is 57.6 Å². The second kappa shape index (κ2) is 7.84. The number of amides is 2. The first kappa shape index (κ1) is 19.0. The van der Waals surface area contributed by atoms with Gasteiger partial charge in [-0.25, -0.2) is 4.90 Å². The molecule has 1 N–H and O–H groups in total. The second-order valence-corrected chi connectivity index (χ2v) is 7.69. The van der Waals surface area contributed by atoms with Crippen LogP contribution in [0.1, 0.15) is 11.1 Å². The molecule has 0 saturated carbocycles. The van der Waals surface area contributed by atoms with Gasteiger partial charge in [-0.3, -0.25) is 9.59 Å². The Kier molecular flexibility index (Phi) is 5.73. The molecule has 0 fully saturated rings. The SMILES string of the molecule is Cc1ccc(C2=C(SCCO)C(=O)N(c3cc(Cl)cc(Cl)c3)C2=O)cc1. The Balaban J connectivity index is 2.09. The summed E-state index contributed by atoms with van der Waals surface area (Å²) in [6.07, 6.45) is 0. The van der Waals surface area contributed by atoms with Crippen LogP contribution in [0.3, 0.4) is 0 Å². The van der Waals surface area contributed by atoms with Crippen LogP contribution in [0.2, 0.25) is 10.0 Å². The Bertz CT molecular complexity index is 889. The summed E-state index contributed by atoms with van der Waals surface area (Å²) in [6, 6.07) is 12.0. The van der Waals surface area contributed by atoms with Gasteiger partial charge in [0.05, 0.1) is 22.8 Å². The number of carbonyl (C=O) groups excluding carboxylic acids is 2. The van der Waals surface area contributed by atoms with Crippen LogP contribution in [0.5, 0.6) is 0 Å². The number of thioether (sulfide) groups is 1. The summed E-state index contributed by atoms with van der Waals surface area (Å²) in [5, 5.41) is 9.81. The molecule has 0 aliphatic carbocycles. The number of hydrogen-bond acceptors (Lipinski definition) is 4. The molecule has 3 rings (SSSR count). The number of imide groups is 1. The first-order chi connectivity index (χ1) is 12.4. The first-order valence-corrected chi connectivity index (χ1v) is 9.56. The smallest absolute Gasteiger partial charge is 0.272 e. The van der Waals surface area contributed by atoms with Gasteiger partial charge in [0.25, 0.3) is 11.8 Å². The van der Waals surface area contributed by atoms with Crippen molar-refractivity contribution in [3.05, 3.63) is 68.5 Å². The van der Waals surface area contributed by atoms with Gasteiger partial charge in [0.15, 0.2) is 0 Å². The van der Waals surface area contributed by atoms with Crippen molar-refractivity contribution in [2.45, 2.75) is 6.92 Å². The van der Waals surface area contributed by atoms with Crippen molar-refractivity contribution in [1.29, 1.82) is 0 Å². The minimum absolute atomic E-state index is 0.0974. The zero-order valence-electron chi connectivity index (χ0n) is 13.8. The number of aryl methyl sites for hydroxylation is 1. The number of carbonyl (C=O) groups is 2. The highest BCUT2D eigenvalue weighted by Crippen LogP contribution is 2.39. The van der Waals surface area contributed by atoms with Gasteiger partial charge in [0, 0.05) is 15.8 Å². The lowest BCUT2D eigenvalue weighted by Gasteiger charge is -2.16. The molecule has 0 radical (unpaired) electrons. The largest absolute Gasteiger partial charge is 0.396 e. The van der Waals surface area contributed by atoms with Gasteiger partial charge in [-0.1, -0.05) is 53.0 Å². The molecule has 0 aromatic heterocycles. The molecule has 0 unspecified atom stereocenters. The number of anilines is 1. The average molecular weight is 408 g/mol. The van der Waals surface area contributed by atoms with Crippen molar-refractivity contribution in [3.63, 3.8) is 0 Å². The summed E-state index contributed by atoms with van der Waals surface area (Å²) in [5.74, 6) is -0.562. The van der Waals surface area contributed by atoms with E-state index in [4.69, 9.17) is 28.3 Å². The zero-order chi connectivity index (χ0) is 18.8. The maximum atomic E-state index is 13.1. The number of halogens is 2. The molecule has 2 aromatic rings. The van der Waals surface area contributed by atoms with Crippen LogP contribution in [0.25, 0.3) is 5.57 Å². The predicted octanol–water partition coefficient (Wildman–Crippen LogP) is 4.31. The van der Waals surface area contributed by atoms with E-state index in [0.29, 0.717) is 37.5 Å². The number of rotatable bonds is 5. The van der Waals surface area contributed by atoms with Crippen molar-refractivity contribution < 1.29 is 14.7 Å². The van der Waals surface area contributed by atoms with E-state index < -0.39 is 11.8 Å². The first-order valence-electron chi connectivity index (χ1n) is 7.82. The van der Waals surface area contributed by atoms with Crippen molar-refractivity contribution in [3.8, 4) is 0 Å². The van der Waals surface area contributed by atoms with E-state index in [1.807, 2.05) is 31.2 Å². The molecular formula is C19H15Cl2NO3S. The van der Waals surface area contributed by atoms with Gasteiger partial charge in [0.1, 0.15) is 0 Å². The molecule has 0 spiro atoms. The third-order valence-corrected chi connectivity index (χ3v) is 5.32. The molecule has 2 aromatic carbocycles. The van der Waals surface area contributed by atoms with Crippen LogP contribution in [0.15, 0.2) is 47.4 Å². The van der Waals surface area contributed by atoms with Crippen LogP contribution in [-0.4, -0.2) is 29.3 Å². The van der Waals surface area contributed by atoms with Crippen LogP contribution < -0.4 is 4.90 Å². The molecule has 0 atom stereocenters. The summed E-state index contributed by atoms with van der Waals surface area (Å²) in [4.78, 5) is 27.4. The van der Waals surface area contributed by atoms with E-state index >= 15 is 0 Å². The Morgan fingerprint density at radius 3 is 2.19 bits per heavy atom. The number of aliphatic hydroxyl groups excluding tert-OH is 1. The highest BCUT2D eigenvalue weighted by Gasteiger charge is 2.40. The molecule has 4 nitrogen and oxygen atoms in total. The summed E-state index contributed by atoms with van der Waals surface area (Å²) < 4.78 is 0. The molecule has 134 valence electrons. The van der Waals surface area contributed by atoms with Crippen LogP contribution in [0.4, 0.5) is 5.69 Å². The van der Waals surface area contributed by atoms with Gasteiger partial charge in [0.2, 0.25) is 0 Å². The lowest BCUT2D eigenvalue weighted by Crippen LogP contribution is -2.31. The van der Waals surface area contributed by atoms with Crippen molar-refractivity contribution in [2.75, 3.05) is 17.3 Å². The van der Waals surface area contributed by atoms with Crippen molar-refractivity contribution in [2.24, 2.45) is 0 Å². The second-order valence-electron chi connectivity index (χ2n) is 5.72. The van der Waals surface area contributed by atoms with Crippen LogP contribution in [-0.2, 0) is 9.59 Å². The van der Waals surface area contributed by atoms with Gasteiger partial charge in [-0.15, -0.1) is 11.8 Å². The van der Waals surface area contributed by atoms with E-state index in [1.165, 1.54) is 18.2 Å². The monoisotopic (exact) mass is 407 g/mol. The Labute approximate surface area is 165 Å². The number of nitrogens with zero attached hydrogens (tertiary/aromatic N) is 1. The summed E-state index contributed by atoms with van der Waals surface area (Å²) in [6.45, 7) is 1.85. The normalized spacial score (nSPS) is 14.5. The molecular weight excluding hydrogens is 393 g/mol. The fourth-order valence-corrected chi connectivity index (χ4v) is 4.04. The summed E-state index contributed by atoms with van der Waals surface area (Å²) in [5.41, 5.74) is 2.35. The van der Waals surface area contributed by atoms with Crippen LogP contribution in [0, 0.1) is 6.92 Å². The Morgan fingerprint density at radius 1 is 1.00 bits per heavy atom. The van der Waals surface area contributed by atoms with E-state index in [0.717, 1.165) is 22.2 Å². The Hall–Kier alpha value is -1.79. The molecule has 2 amide bonds. The van der Waals surface area contributed by atoms with E-state index in [2.05, 4.69) is 0 Å². The Morgan fingerprint density at radius 2 is 1.62 bits per heavy atom. The maximum Gasteiger partial charge on any atom is 0.272 e. The number of hydrogen-bond donors (Lipinski definition) is 1. The van der Waals surface area contributed by atoms with Crippen molar-refractivity contribution >= 4 is 58.0 Å². The van der Waals surface area contributed by atoms with E-state index in [9.17, 15) is 9.59 Å². The molecule has 1 aliphatic rings. The van der Waals surface area contributed by atoms with Crippen molar-refractivity contribution in [1.82, 2.24) is 0 Å². The maximum absolute atomic E-state index is 13.1. The molecule has 26 heavy (non-hydrogen) atoms. The van der Waals surface area contributed by atoms with Gasteiger partial charge < -0.3 is 5.11 Å². The molecule has 1 heterocycles. The quantitative estimate of drug-likeness (QED) is 0.750. The lowest BCUT2D eigenvalue weighted by atomic mass is 10.0. The van der Waals surface area contributed by atoms with E-state index in [-0.39, 0.29) is 6.61 Å². The van der Waals surface area contributed by atoms with Gasteiger partial charge >= 0.3 is 0 Å². The molecule has 0 saturated heterocycles. The summed E-state index contributed by atoms with van der Waals surface area (Å²) >= 11 is 13.2. The fourth-order valence-electron chi connectivity index (χ4n) is 2.67. The number of benzene rings is 2. The third kappa shape index (κ3) is 3.67. The molecule has 0 bridgehead atoms. The van der Waals surface area contributed by atoms with Gasteiger partial charge in [-0.05, 0) is 30.7 Å². The average Bonchev–Trinajstić information content (AvgIpc) is 2.83. The number of aliphatic hydroxyl groups is 1.